The molecule has 2 rings (SSSR count). The van der Waals surface area contributed by atoms with E-state index in [4.69, 9.17) is 24.7 Å². The van der Waals surface area contributed by atoms with Crippen LogP contribution in [0.1, 0.15) is 265 Å². The van der Waals surface area contributed by atoms with Crippen molar-refractivity contribution in [2.75, 3.05) is 27.0 Å². The number of unbranched alkanes of at least 4 members (excludes halogenated alkanes) is 28. The number of carbonyl (C=O) groups is 6. The molecule has 0 saturated heterocycles. The van der Waals surface area contributed by atoms with Crippen molar-refractivity contribution in [2.45, 2.75) is 271 Å². The summed E-state index contributed by atoms with van der Waals surface area (Å²) in [5.41, 5.74) is 4.78. The van der Waals surface area contributed by atoms with Crippen molar-refractivity contribution in [3.63, 3.8) is 0 Å². The Kier molecular flexibility index (Phi) is 56.6. The minimum atomic E-state index is -1.01. The summed E-state index contributed by atoms with van der Waals surface area (Å²) in [6.45, 7) is 4.99. The van der Waals surface area contributed by atoms with Gasteiger partial charge in [0.05, 0.1) is 0 Å². The summed E-state index contributed by atoms with van der Waals surface area (Å²) < 4.78 is 20.8. The van der Waals surface area contributed by atoms with E-state index in [1.54, 1.807) is 0 Å². The molecule has 0 aromatic heterocycles. The molecule has 0 radical (unpaired) electrons. The maximum absolute atomic E-state index is 12.6. The summed E-state index contributed by atoms with van der Waals surface area (Å²) in [5.74, 6) is -1.72. The second-order valence-electron chi connectivity index (χ2n) is 19.3. The zero-order valence-electron chi connectivity index (χ0n) is 46.8. The first-order chi connectivity index (χ1) is 35.5. The van der Waals surface area contributed by atoms with Crippen LogP contribution in [0.15, 0.2) is 48.6 Å². The molecule has 13 nitrogen and oxygen atoms in total. The minimum Gasteiger partial charge on any atom is -0.462 e. The summed E-state index contributed by atoms with van der Waals surface area (Å²) >= 11 is 0. The van der Waals surface area contributed by atoms with Crippen LogP contribution in [0, 0.1) is 0 Å². The van der Waals surface area contributed by atoms with Crippen LogP contribution >= 0.6 is 0 Å². The van der Waals surface area contributed by atoms with E-state index < -0.39 is 24.1 Å². The van der Waals surface area contributed by atoms with Gasteiger partial charge in [-0.25, -0.2) is 4.79 Å². The molecule has 0 aliphatic heterocycles. The maximum Gasteiger partial charge on any atom is 0.510 e. The minimum absolute atomic E-state index is 0.125. The van der Waals surface area contributed by atoms with E-state index in [-0.39, 0.29) is 57.0 Å². The van der Waals surface area contributed by atoms with Crippen molar-refractivity contribution in [2.24, 2.45) is 5.73 Å². The predicted octanol–water partition coefficient (Wildman–Crippen LogP) is 15.0. The highest BCUT2D eigenvalue weighted by Crippen LogP contribution is 2.16. The van der Waals surface area contributed by atoms with Crippen molar-refractivity contribution in [1.82, 2.24) is 10.6 Å². The van der Waals surface area contributed by atoms with Crippen LogP contribution in [0.4, 0.5) is 4.79 Å². The quantitative estimate of drug-likeness (QED) is 0.0230. The molecule has 0 aromatic rings. The van der Waals surface area contributed by atoms with Gasteiger partial charge in [0.2, 0.25) is 17.7 Å². The Labute approximate surface area is 444 Å². The van der Waals surface area contributed by atoms with E-state index in [1.807, 2.05) is 0 Å². The molecule has 422 valence electrons. The van der Waals surface area contributed by atoms with Crippen molar-refractivity contribution < 1.29 is 47.7 Å². The molecule has 1 atom stereocenters. The average molecular weight is 1030 g/mol. The van der Waals surface area contributed by atoms with Gasteiger partial charge in [-0.15, -0.1) is 0 Å². The smallest absolute Gasteiger partial charge is 0.462 e. The van der Waals surface area contributed by atoms with Crippen LogP contribution < -0.4 is 16.4 Å². The third kappa shape index (κ3) is 61.8. The summed E-state index contributed by atoms with van der Waals surface area (Å²) in [6, 6.07) is 0. The van der Waals surface area contributed by atoms with Crippen LogP contribution in [0.25, 0.3) is 0 Å². The number of hydrogen-bond acceptors (Lipinski definition) is 10. The molecular weight excluding hydrogens is 923 g/mol. The van der Waals surface area contributed by atoms with Crippen molar-refractivity contribution >= 4 is 35.8 Å². The second-order valence-corrected chi connectivity index (χ2v) is 19.3. The van der Waals surface area contributed by atoms with Gasteiger partial charge in [0.15, 0.2) is 12.8 Å². The highest BCUT2D eigenvalue weighted by Gasteiger charge is 2.20. The van der Waals surface area contributed by atoms with Crippen LogP contribution in [-0.2, 0) is 42.9 Å². The summed E-state index contributed by atoms with van der Waals surface area (Å²) in [7, 11) is 1.52. The number of nitrogens with two attached hydrogens (primary N) is 1. The molecule has 0 saturated carbocycles. The first-order valence-electron chi connectivity index (χ1n) is 29.1. The lowest BCUT2D eigenvalue weighted by Gasteiger charge is -2.18. The maximum atomic E-state index is 12.6. The van der Waals surface area contributed by atoms with Gasteiger partial charge >= 0.3 is 18.1 Å². The van der Waals surface area contributed by atoms with Crippen LogP contribution in [-0.4, -0.2) is 68.9 Å². The number of hydrogen-bond donors (Lipinski definition) is 3. The fourth-order valence-corrected chi connectivity index (χ4v) is 7.75. The number of carbonyl (C=O) groups excluding carboxylic acids is 6. The molecule has 0 bridgehead atoms. The van der Waals surface area contributed by atoms with Gasteiger partial charge in [0.1, 0.15) is 13.2 Å². The molecule has 0 spiro atoms. The largest absolute Gasteiger partial charge is 0.510 e. The Bertz CT molecular complexity index is 1400. The average Bonchev–Trinajstić information content (AvgIpc) is 3.40. The van der Waals surface area contributed by atoms with E-state index in [1.165, 1.54) is 194 Å². The monoisotopic (exact) mass is 1030 g/mol. The summed E-state index contributed by atoms with van der Waals surface area (Å²) in [4.78, 5) is 68.3. The predicted molar refractivity (Wildman–Crippen MR) is 299 cm³/mol. The molecule has 73 heavy (non-hydrogen) atoms. The lowest BCUT2D eigenvalue weighted by atomic mass is 10.0. The van der Waals surface area contributed by atoms with Gasteiger partial charge < -0.3 is 35.3 Å². The molecule has 0 unspecified atom stereocenters. The first-order valence-corrected chi connectivity index (χ1v) is 29.1. The third-order valence-electron chi connectivity index (χ3n) is 12.2. The fourth-order valence-electron chi connectivity index (χ4n) is 7.75. The molecule has 3 amide bonds. The number of primary amides is 1. The van der Waals surface area contributed by atoms with Gasteiger partial charge in [-0.2, -0.15) is 0 Å². The number of nitrogens with one attached hydrogen (secondary N) is 2. The molecule has 0 heterocycles. The third-order valence-corrected chi connectivity index (χ3v) is 12.2. The standard InChI is InChI=1S/C43H81NO8.2C6H8.C5H10N2O2/c1-4-6-8-10-12-14-16-18-20-22-24-26-28-30-32-34-41(46)49-36-40(37-50-43(48)51-38-44-39(3)45)52-42(47)35-33-31-29-27-25-23-21-19-17-15-13-11-9-7-5-2;2*1-2-4-6-5-3-1;1-7-5(9)3-2-4(6)8/h40H,4-38H2,1-3H3,(H,44,45);2*1-4H,5-6H2;2-3H2,1H3,(H2,6,8)(H,7,9)/t40-;;;/m1.../s1. The lowest BCUT2D eigenvalue weighted by Crippen LogP contribution is -2.32. The Balaban J connectivity index is 0. The Morgan fingerprint density at radius 1 is 0.452 bits per heavy atom. The van der Waals surface area contributed by atoms with E-state index >= 15 is 0 Å². The first kappa shape index (κ1) is 70.7. The molecule has 13 heteroatoms. The van der Waals surface area contributed by atoms with Gasteiger partial charge in [0, 0.05) is 39.7 Å². The molecule has 2 aliphatic carbocycles. The summed E-state index contributed by atoms with van der Waals surface area (Å²) in [6.07, 6.45) is 58.5. The van der Waals surface area contributed by atoms with Gasteiger partial charge in [-0.1, -0.05) is 242 Å². The van der Waals surface area contributed by atoms with E-state index in [2.05, 4.69) is 73.1 Å². The van der Waals surface area contributed by atoms with E-state index in [0.29, 0.717) is 6.42 Å². The number of amides is 3. The van der Waals surface area contributed by atoms with Crippen LogP contribution in [0.2, 0.25) is 0 Å². The van der Waals surface area contributed by atoms with Gasteiger partial charge in [0.25, 0.3) is 0 Å². The van der Waals surface area contributed by atoms with Crippen LogP contribution in [0.5, 0.6) is 0 Å². The molecule has 0 fully saturated rings. The van der Waals surface area contributed by atoms with Crippen molar-refractivity contribution in [3.05, 3.63) is 48.6 Å². The Morgan fingerprint density at radius 2 is 0.795 bits per heavy atom. The van der Waals surface area contributed by atoms with E-state index in [0.717, 1.165) is 38.5 Å². The van der Waals surface area contributed by atoms with Gasteiger partial charge in [-0.05, 0) is 38.5 Å². The van der Waals surface area contributed by atoms with Crippen molar-refractivity contribution in [1.29, 1.82) is 0 Å². The zero-order chi connectivity index (χ0) is 53.9. The fraction of sp³-hybridized carbons (Fsp3) is 0.767. The molecule has 2 aliphatic rings. The topological polar surface area (TPSA) is 189 Å². The number of rotatable bonds is 42. The molecule has 4 N–H and O–H groups in total. The van der Waals surface area contributed by atoms with Gasteiger partial charge in [-0.3, -0.25) is 24.0 Å². The Hall–Kier alpha value is -4.42. The van der Waals surface area contributed by atoms with Crippen molar-refractivity contribution in [3.8, 4) is 0 Å². The number of allylic oxidation sites excluding steroid dienone is 8. The highest BCUT2D eigenvalue weighted by atomic mass is 16.7. The molecule has 0 aromatic carbocycles. The van der Waals surface area contributed by atoms with Crippen LogP contribution in [0.3, 0.4) is 0 Å². The molecular formula is C60H107N3O10. The lowest BCUT2D eigenvalue weighted by molar-refractivity contribution is -0.162. The highest BCUT2D eigenvalue weighted by molar-refractivity contribution is 5.82. The Morgan fingerprint density at radius 3 is 1.11 bits per heavy atom. The van der Waals surface area contributed by atoms with E-state index in [9.17, 15) is 28.8 Å². The SMILES string of the molecule is C1=CCCC=C1.C1=CCCC=C1.CCCCCCCCCCCCCCCCCC(=O)OC[C@H](COC(=O)OCNC(C)=O)OC(=O)CCCCCCCCCCCCCCCCC.CNC(=O)CCC(N)=O. The summed E-state index contributed by atoms with van der Waals surface area (Å²) in [5, 5.41) is 4.71. The second kappa shape index (κ2) is 58.5. The number of ether oxygens (including phenoxy) is 4. The normalized spacial score (nSPS) is 12.4. The zero-order valence-corrected chi connectivity index (χ0v) is 46.8. The number of esters is 2.